The van der Waals surface area contributed by atoms with Crippen molar-refractivity contribution in [3.63, 3.8) is 0 Å². The molecule has 0 aliphatic rings. The summed E-state index contributed by atoms with van der Waals surface area (Å²) >= 11 is 1.06. The van der Waals surface area contributed by atoms with Gasteiger partial charge in [-0.3, -0.25) is 10.1 Å². The van der Waals surface area contributed by atoms with E-state index in [0.717, 1.165) is 27.3 Å². The second-order valence-corrected chi connectivity index (χ2v) is 7.88. The fraction of sp³-hybridized carbons (Fsp3) is 0. The van der Waals surface area contributed by atoms with Gasteiger partial charge in [-0.15, -0.1) is 11.3 Å². The highest BCUT2D eigenvalue weighted by Gasteiger charge is 2.18. The highest BCUT2D eigenvalue weighted by atomic mass is 32.1. The van der Waals surface area contributed by atoms with Gasteiger partial charge in [0, 0.05) is 28.4 Å². The number of aromatic hydroxyl groups is 1. The van der Waals surface area contributed by atoms with E-state index >= 15 is 0 Å². The minimum absolute atomic E-state index is 0.0627. The van der Waals surface area contributed by atoms with E-state index in [4.69, 9.17) is 9.97 Å². The quantitative estimate of drug-likeness (QED) is 0.381. The van der Waals surface area contributed by atoms with Gasteiger partial charge in [0.05, 0.1) is 17.4 Å². The van der Waals surface area contributed by atoms with Gasteiger partial charge < -0.3 is 10.1 Å². The van der Waals surface area contributed by atoms with Crippen molar-refractivity contribution in [2.45, 2.75) is 0 Å². The van der Waals surface area contributed by atoms with Crippen LogP contribution in [0.5, 0.6) is 5.75 Å². The fourth-order valence-electron chi connectivity index (χ4n) is 3.47. The molecular formula is C21H12FN7OS. The van der Waals surface area contributed by atoms with Crippen LogP contribution in [0.1, 0.15) is 0 Å². The first-order chi connectivity index (χ1) is 15.2. The number of imidazole rings is 1. The van der Waals surface area contributed by atoms with Crippen LogP contribution in [0, 0.1) is 5.13 Å². The summed E-state index contributed by atoms with van der Waals surface area (Å²) in [7, 11) is 0. The molecule has 10 heteroatoms. The Kier molecular flexibility index (Phi) is 3.80. The molecule has 6 rings (SSSR count). The summed E-state index contributed by atoms with van der Waals surface area (Å²) in [5.41, 5.74) is 5.20. The molecule has 0 amide bonds. The van der Waals surface area contributed by atoms with Crippen LogP contribution in [-0.4, -0.2) is 40.2 Å². The van der Waals surface area contributed by atoms with Crippen molar-refractivity contribution in [3.8, 4) is 39.0 Å². The lowest BCUT2D eigenvalue weighted by molar-refractivity contribution is 0.473. The Hall–Kier alpha value is -4.18. The SMILES string of the molecule is Oc1cncc(-c2ccc3[nH]nc(-c4nc5c(-c6ccc(F)s6)ccnc5[nH]4)c3n2)c1. The smallest absolute Gasteiger partial charge is 0.176 e. The molecule has 0 unspecified atom stereocenters. The van der Waals surface area contributed by atoms with Crippen molar-refractivity contribution in [1.29, 1.82) is 0 Å². The predicted octanol–water partition coefficient (Wildman–Crippen LogP) is 4.53. The molecule has 6 aromatic rings. The molecule has 3 N–H and O–H groups in total. The van der Waals surface area contributed by atoms with Crippen LogP contribution >= 0.6 is 11.3 Å². The van der Waals surface area contributed by atoms with E-state index < -0.39 is 0 Å². The molecule has 150 valence electrons. The van der Waals surface area contributed by atoms with E-state index in [2.05, 4.69) is 25.1 Å². The van der Waals surface area contributed by atoms with Crippen LogP contribution in [0.15, 0.2) is 55.0 Å². The zero-order chi connectivity index (χ0) is 20.9. The van der Waals surface area contributed by atoms with Crippen molar-refractivity contribution < 1.29 is 9.50 Å². The maximum atomic E-state index is 13.6. The second kappa shape index (κ2) is 6.67. The number of H-pyrrole nitrogens is 2. The molecule has 0 radical (unpaired) electrons. The number of hydrogen-bond acceptors (Lipinski definition) is 7. The normalized spacial score (nSPS) is 11.5. The number of fused-ring (bicyclic) bond motifs is 2. The van der Waals surface area contributed by atoms with E-state index in [1.807, 2.05) is 18.2 Å². The van der Waals surface area contributed by atoms with Crippen LogP contribution < -0.4 is 0 Å². The van der Waals surface area contributed by atoms with E-state index in [0.29, 0.717) is 39.5 Å². The van der Waals surface area contributed by atoms with Gasteiger partial charge in [-0.05, 0) is 36.4 Å². The highest BCUT2D eigenvalue weighted by molar-refractivity contribution is 7.14. The minimum Gasteiger partial charge on any atom is -0.506 e. The van der Waals surface area contributed by atoms with E-state index in [-0.39, 0.29) is 10.9 Å². The molecule has 31 heavy (non-hydrogen) atoms. The standard InChI is InChI=1S/C21H12FN7OS/c22-16-4-3-15(31-16)12-5-6-24-20-17(12)26-21(27-20)19-18-14(28-29-19)2-1-13(25-18)10-7-11(30)9-23-8-10/h1-9,30H,(H,28,29)(H,24,26,27). The number of halogens is 1. The van der Waals surface area contributed by atoms with Crippen LogP contribution in [0.25, 0.3) is 55.4 Å². The first kappa shape index (κ1) is 17.7. The van der Waals surface area contributed by atoms with Crippen molar-refractivity contribution in [3.05, 3.63) is 60.1 Å². The number of pyridine rings is 3. The summed E-state index contributed by atoms with van der Waals surface area (Å²) in [6.07, 6.45) is 4.65. The van der Waals surface area contributed by atoms with Gasteiger partial charge in [-0.2, -0.15) is 9.49 Å². The Morgan fingerprint density at radius 2 is 1.94 bits per heavy atom. The van der Waals surface area contributed by atoms with E-state index in [9.17, 15) is 9.50 Å². The van der Waals surface area contributed by atoms with Crippen molar-refractivity contribution in [1.82, 2.24) is 35.1 Å². The van der Waals surface area contributed by atoms with Gasteiger partial charge in [0.25, 0.3) is 0 Å². The molecular weight excluding hydrogens is 417 g/mol. The third kappa shape index (κ3) is 2.92. The Morgan fingerprint density at radius 1 is 1.00 bits per heavy atom. The van der Waals surface area contributed by atoms with Gasteiger partial charge in [0.2, 0.25) is 0 Å². The molecule has 0 atom stereocenters. The monoisotopic (exact) mass is 429 g/mol. The van der Waals surface area contributed by atoms with Gasteiger partial charge in [-0.1, -0.05) is 0 Å². The zero-order valence-electron chi connectivity index (χ0n) is 15.7. The Labute approximate surface area is 177 Å². The summed E-state index contributed by atoms with van der Waals surface area (Å²) in [6.45, 7) is 0. The molecule has 0 bridgehead atoms. The Balaban J connectivity index is 1.51. The Morgan fingerprint density at radius 3 is 2.77 bits per heavy atom. The summed E-state index contributed by atoms with van der Waals surface area (Å²) in [4.78, 5) is 21.7. The average molecular weight is 429 g/mol. The molecule has 6 aromatic heterocycles. The zero-order valence-corrected chi connectivity index (χ0v) is 16.5. The number of nitrogens with zero attached hydrogens (tertiary/aromatic N) is 5. The molecule has 0 saturated carbocycles. The summed E-state index contributed by atoms with van der Waals surface area (Å²) in [5, 5.41) is 16.8. The van der Waals surface area contributed by atoms with Gasteiger partial charge in [0.1, 0.15) is 16.8 Å². The second-order valence-electron chi connectivity index (χ2n) is 6.84. The van der Waals surface area contributed by atoms with Gasteiger partial charge in [-0.25, -0.2) is 15.0 Å². The van der Waals surface area contributed by atoms with Crippen LogP contribution in [0.2, 0.25) is 0 Å². The number of thiophene rings is 1. The summed E-state index contributed by atoms with van der Waals surface area (Å²) in [5.74, 6) is 0.560. The van der Waals surface area contributed by atoms with Gasteiger partial charge in [0.15, 0.2) is 22.3 Å². The molecule has 0 spiro atoms. The predicted molar refractivity (Wildman–Crippen MR) is 115 cm³/mol. The van der Waals surface area contributed by atoms with Crippen molar-refractivity contribution in [2.75, 3.05) is 0 Å². The topological polar surface area (TPSA) is 116 Å². The number of nitrogens with one attached hydrogen (secondary N) is 2. The van der Waals surface area contributed by atoms with Crippen molar-refractivity contribution in [2.24, 2.45) is 0 Å². The Bertz CT molecular complexity index is 1590. The molecule has 8 nitrogen and oxygen atoms in total. The largest absolute Gasteiger partial charge is 0.506 e. The number of hydrogen-bond donors (Lipinski definition) is 3. The third-order valence-corrected chi connectivity index (χ3v) is 5.78. The van der Waals surface area contributed by atoms with Crippen molar-refractivity contribution >= 4 is 33.5 Å². The first-order valence-electron chi connectivity index (χ1n) is 9.26. The van der Waals surface area contributed by atoms with Crippen LogP contribution in [0.4, 0.5) is 4.39 Å². The first-order valence-corrected chi connectivity index (χ1v) is 10.1. The lowest BCUT2D eigenvalue weighted by Crippen LogP contribution is -1.87. The molecule has 0 fully saturated rings. The number of rotatable bonds is 3. The van der Waals surface area contributed by atoms with Gasteiger partial charge >= 0.3 is 0 Å². The molecule has 0 saturated heterocycles. The molecule has 0 aliphatic carbocycles. The maximum absolute atomic E-state index is 13.6. The maximum Gasteiger partial charge on any atom is 0.176 e. The fourth-order valence-corrected chi connectivity index (χ4v) is 4.23. The molecule has 0 aliphatic heterocycles. The highest BCUT2D eigenvalue weighted by Crippen LogP contribution is 2.33. The average Bonchev–Trinajstić information content (AvgIpc) is 3.50. The summed E-state index contributed by atoms with van der Waals surface area (Å²) in [6, 6.07) is 10.3. The van der Waals surface area contributed by atoms with Crippen LogP contribution in [-0.2, 0) is 0 Å². The summed E-state index contributed by atoms with van der Waals surface area (Å²) < 4.78 is 13.6. The van der Waals surface area contributed by atoms with E-state index in [1.165, 1.54) is 12.3 Å². The lowest BCUT2D eigenvalue weighted by Gasteiger charge is -2.01. The lowest BCUT2D eigenvalue weighted by atomic mass is 10.1. The van der Waals surface area contributed by atoms with E-state index in [1.54, 1.807) is 24.5 Å². The number of aromatic nitrogens is 7. The third-order valence-electron chi connectivity index (χ3n) is 4.87. The minimum atomic E-state index is -0.257. The molecule has 0 aromatic carbocycles. The number of aromatic amines is 2. The molecule has 6 heterocycles. The van der Waals surface area contributed by atoms with Crippen LogP contribution in [0.3, 0.4) is 0 Å².